The molecule has 0 spiro atoms. The lowest BCUT2D eigenvalue weighted by Gasteiger charge is -2.12. The van der Waals surface area contributed by atoms with Crippen LogP contribution < -0.4 is 5.14 Å². The molecule has 0 amide bonds. The fourth-order valence-corrected chi connectivity index (χ4v) is 3.89. The quantitative estimate of drug-likeness (QED) is 0.806. The van der Waals surface area contributed by atoms with Crippen LogP contribution in [0.5, 0.6) is 0 Å². The molecule has 2 aromatic rings. The Bertz CT molecular complexity index is 873. The van der Waals surface area contributed by atoms with Crippen molar-refractivity contribution in [1.82, 2.24) is 0 Å². The molecule has 22 heavy (non-hydrogen) atoms. The smallest absolute Gasteiger partial charge is 0.282 e. The van der Waals surface area contributed by atoms with Gasteiger partial charge in [0.05, 0.1) is 9.79 Å². The van der Waals surface area contributed by atoms with E-state index >= 15 is 0 Å². The standard InChI is InChI=1S/C13H12ClNO5S2/c14-10-4-1-3-9(7-10)8-11-12(21(15,16)17)5-2-6-13(11)22(18,19)20/h1-7H,8H2,(H2,15,16,17)(H,18,19,20). The average molecular weight is 362 g/mol. The highest BCUT2D eigenvalue weighted by atomic mass is 35.5. The second kappa shape index (κ2) is 5.98. The highest BCUT2D eigenvalue weighted by molar-refractivity contribution is 7.89. The fourth-order valence-electron chi connectivity index (χ4n) is 2.08. The molecule has 2 aromatic carbocycles. The van der Waals surface area contributed by atoms with Gasteiger partial charge in [0, 0.05) is 11.4 Å². The van der Waals surface area contributed by atoms with Crippen LogP contribution in [0.4, 0.5) is 0 Å². The number of nitrogens with two attached hydrogens (primary N) is 1. The maximum absolute atomic E-state index is 11.7. The molecular weight excluding hydrogens is 350 g/mol. The minimum Gasteiger partial charge on any atom is -0.282 e. The van der Waals surface area contributed by atoms with Crippen LogP contribution in [-0.4, -0.2) is 21.4 Å². The Balaban J connectivity index is 2.71. The lowest BCUT2D eigenvalue weighted by molar-refractivity contribution is 0.482. The molecule has 0 unspecified atom stereocenters. The Morgan fingerprint density at radius 2 is 1.59 bits per heavy atom. The maximum Gasteiger partial charge on any atom is 0.294 e. The summed E-state index contributed by atoms with van der Waals surface area (Å²) in [5.74, 6) is 0. The van der Waals surface area contributed by atoms with Gasteiger partial charge in [-0.25, -0.2) is 13.6 Å². The fraction of sp³-hybridized carbons (Fsp3) is 0.0769. The number of benzene rings is 2. The minimum atomic E-state index is -4.60. The molecule has 0 saturated heterocycles. The van der Waals surface area contributed by atoms with Crippen molar-refractivity contribution >= 4 is 31.7 Å². The summed E-state index contributed by atoms with van der Waals surface area (Å²) in [6, 6.07) is 9.98. The van der Waals surface area contributed by atoms with Crippen LogP contribution in [0.15, 0.2) is 52.3 Å². The summed E-state index contributed by atoms with van der Waals surface area (Å²) >= 11 is 5.86. The largest absolute Gasteiger partial charge is 0.294 e. The zero-order valence-corrected chi connectivity index (χ0v) is 13.5. The molecule has 0 fully saturated rings. The van der Waals surface area contributed by atoms with Gasteiger partial charge in [0.2, 0.25) is 10.0 Å². The number of sulfonamides is 1. The first-order valence-electron chi connectivity index (χ1n) is 5.95. The Labute approximate surface area is 133 Å². The van der Waals surface area contributed by atoms with Gasteiger partial charge in [-0.1, -0.05) is 29.8 Å². The maximum atomic E-state index is 11.7. The molecule has 0 aliphatic carbocycles. The van der Waals surface area contributed by atoms with Crippen molar-refractivity contribution in [3.8, 4) is 0 Å². The number of primary sulfonamides is 1. The van der Waals surface area contributed by atoms with Crippen molar-refractivity contribution in [2.45, 2.75) is 16.2 Å². The van der Waals surface area contributed by atoms with Crippen LogP contribution in [0.3, 0.4) is 0 Å². The Kier molecular flexibility index (Phi) is 4.59. The van der Waals surface area contributed by atoms with Gasteiger partial charge >= 0.3 is 0 Å². The second-order valence-electron chi connectivity index (χ2n) is 4.56. The summed E-state index contributed by atoms with van der Waals surface area (Å²) in [4.78, 5) is -0.860. The highest BCUT2D eigenvalue weighted by Gasteiger charge is 2.23. The summed E-state index contributed by atoms with van der Waals surface area (Å²) in [6.45, 7) is 0. The van der Waals surface area contributed by atoms with E-state index in [4.69, 9.17) is 16.7 Å². The van der Waals surface area contributed by atoms with Gasteiger partial charge < -0.3 is 0 Å². The summed E-state index contributed by atoms with van der Waals surface area (Å²) in [5, 5.41) is 5.54. The van der Waals surface area contributed by atoms with E-state index in [0.717, 1.165) is 6.07 Å². The van der Waals surface area contributed by atoms with Gasteiger partial charge in [0.25, 0.3) is 10.1 Å². The molecule has 3 N–H and O–H groups in total. The zero-order valence-electron chi connectivity index (χ0n) is 11.1. The molecule has 0 saturated carbocycles. The molecule has 0 heterocycles. The lowest BCUT2D eigenvalue weighted by Crippen LogP contribution is -2.17. The minimum absolute atomic E-state index is 0.0672. The molecule has 0 radical (unpaired) electrons. The molecule has 6 nitrogen and oxygen atoms in total. The van der Waals surface area contributed by atoms with E-state index in [1.54, 1.807) is 24.3 Å². The molecule has 0 aliphatic rings. The van der Waals surface area contributed by atoms with Crippen molar-refractivity contribution in [3.63, 3.8) is 0 Å². The lowest BCUT2D eigenvalue weighted by atomic mass is 10.1. The van der Waals surface area contributed by atoms with Crippen LogP contribution in [-0.2, 0) is 26.6 Å². The summed E-state index contributed by atoms with van der Waals surface area (Å²) in [7, 11) is -8.75. The van der Waals surface area contributed by atoms with Gasteiger partial charge in [-0.3, -0.25) is 4.55 Å². The number of halogens is 1. The Morgan fingerprint density at radius 3 is 2.14 bits per heavy atom. The molecular formula is C13H12ClNO5S2. The SMILES string of the molecule is NS(=O)(=O)c1cccc(S(=O)(=O)O)c1Cc1cccc(Cl)c1. The Hall–Kier alpha value is -1.45. The van der Waals surface area contributed by atoms with Gasteiger partial charge in [0.1, 0.15) is 0 Å². The highest BCUT2D eigenvalue weighted by Crippen LogP contribution is 2.26. The van der Waals surface area contributed by atoms with Gasteiger partial charge in [-0.2, -0.15) is 8.42 Å². The third kappa shape index (κ3) is 3.84. The summed E-state index contributed by atoms with van der Waals surface area (Å²) < 4.78 is 55.6. The van der Waals surface area contributed by atoms with E-state index in [1.807, 2.05) is 0 Å². The normalized spacial score (nSPS) is 12.3. The van der Waals surface area contributed by atoms with Crippen LogP contribution in [0.2, 0.25) is 5.02 Å². The molecule has 0 aromatic heterocycles. The van der Waals surface area contributed by atoms with Crippen LogP contribution in [0.25, 0.3) is 0 Å². The van der Waals surface area contributed by atoms with Crippen molar-refractivity contribution < 1.29 is 21.4 Å². The van der Waals surface area contributed by atoms with E-state index in [1.165, 1.54) is 12.1 Å². The van der Waals surface area contributed by atoms with Crippen molar-refractivity contribution in [2.24, 2.45) is 5.14 Å². The third-order valence-corrected chi connectivity index (χ3v) is 5.11. The topological polar surface area (TPSA) is 115 Å². The van der Waals surface area contributed by atoms with E-state index in [-0.39, 0.29) is 16.9 Å². The third-order valence-electron chi connectivity index (χ3n) is 2.94. The number of rotatable bonds is 4. The average Bonchev–Trinajstić information content (AvgIpc) is 2.36. The zero-order chi connectivity index (χ0) is 16.5. The molecule has 0 atom stereocenters. The van der Waals surface area contributed by atoms with E-state index in [2.05, 4.69) is 0 Å². The molecule has 0 aliphatic heterocycles. The second-order valence-corrected chi connectivity index (χ2v) is 7.92. The molecule has 118 valence electrons. The van der Waals surface area contributed by atoms with Crippen LogP contribution >= 0.6 is 11.6 Å². The van der Waals surface area contributed by atoms with E-state index < -0.39 is 25.0 Å². The first kappa shape index (κ1) is 16.9. The number of hydrogen-bond donors (Lipinski definition) is 2. The first-order valence-corrected chi connectivity index (χ1v) is 9.32. The van der Waals surface area contributed by atoms with E-state index in [0.29, 0.717) is 10.6 Å². The predicted molar refractivity (Wildman–Crippen MR) is 81.9 cm³/mol. The molecule has 0 bridgehead atoms. The van der Waals surface area contributed by atoms with Crippen LogP contribution in [0.1, 0.15) is 11.1 Å². The Morgan fingerprint density at radius 1 is 1.00 bits per heavy atom. The van der Waals surface area contributed by atoms with Gasteiger partial charge in [-0.15, -0.1) is 0 Å². The predicted octanol–water partition coefficient (Wildman–Crippen LogP) is 1.82. The summed E-state index contributed by atoms with van der Waals surface area (Å²) in [5.41, 5.74) is 0.475. The first-order chi connectivity index (χ1) is 10.1. The van der Waals surface area contributed by atoms with Crippen molar-refractivity contribution in [1.29, 1.82) is 0 Å². The monoisotopic (exact) mass is 361 g/mol. The molecule has 9 heteroatoms. The van der Waals surface area contributed by atoms with Gasteiger partial charge in [-0.05, 0) is 35.4 Å². The number of hydrogen-bond acceptors (Lipinski definition) is 4. The van der Waals surface area contributed by atoms with Crippen molar-refractivity contribution in [3.05, 3.63) is 58.6 Å². The van der Waals surface area contributed by atoms with Gasteiger partial charge in [0.15, 0.2) is 0 Å². The van der Waals surface area contributed by atoms with Crippen molar-refractivity contribution in [2.75, 3.05) is 0 Å². The van der Waals surface area contributed by atoms with E-state index in [9.17, 15) is 21.4 Å². The summed E-state index contributed by atoms with van der Waals surface area (Å²) in [6.07, 6.45) is -0.0672. The molecule has 2 rings (SSSR count). The van der Waals surface area contributed by atoms with Crippen LogP contribution in [0, 0.1) is 0 Å².